The fourth-order valence-corrected chi connectivity index (χ4v) is 3.98. The number of aromatic amines is 1. The highest BCUT2D eigenvalue weighted by Gasteiger charge is 2.33. The van der Waals surface area contributed by atoms with Crippen LogP contribution in [-0.4, -0.2) is 39.6 Å². The molecular weight excluding hydrogens is 391 g/mol. The minimum Gasteiger partial charge on any atom is -0.342 e. The molecular formula is C19H20F3N3O2S. The number of hydrogen-bond donors (Lipinski definition) is 1. The fraction of sp³-hybridized carbons (Fsp3) is 0.421. The van der Waals surface area contributed by atoms with Crippen molar-refractivity contribution < 1.29 is 18.0 Å². The minimum atomic E-state index is -4.70. The number of halogens is 3. The highest BCUT2D eigenvalue weighted by molar-refractivity contribution is 7.99. The molecule has 3 rings (SSSR count). The summed E-state index contributed by atoms with van der Waals surface area (Å²) in [4.78, 5) is 31.1. The second kappa shape index (κ2) is 8.81. The first-order chi connectivity index (χ1) is 13.3. The fourth-order valence-electron chi connectivity index (χ4n) is 3.20. The average molecular weight is 411 g/mol. The van der Waals surface area contributed by atoms with Gasteiger partial charge in [-0.25, -0.2) is 4.98 Å². The van der Waals surface area contributed by atoms with Gasteiger partial charge in [0.25, 0.3) is 5.56 Å². The first kappa shape index (κ1) is 20.4. The van der Waals surface area contributed by atoms with Crippen LogP contribution in [0, 0.1) is 5.92 Å². The molecule has 1 aliphatic rings. The zero-order chi connectivity index (χ0) is 20.1. The van der Waals surface area contributed by atoms with Gasteiger partial charge in [-0.3, -0.25) is 9.59 Å². The quantitative estimate of drug-likeness (QED) is 0.605. The number of benzene rings is 1. The van der Waals surface area contributed by atoms with E-state index in [0.717, 1.165) is 31.0 Å². The van der Waals surface area contributed by atoms with E-state index in [2.05, 4.69) is 22.1 Å². The third-order valence-electron chi connectivity index (χ3n) is 4.68. The molecule has 1 amide bonds. The second-order valence-corrected chi connectivity index (χ2v) is 7.70. The van der Waals surface area contributed by atoms with Crippen LogP contribution in [0.2, 0.25) is 0 Å². The van der Waals surface area contributed by atoms with Gasteiger partial charge >= 0.3 is 6.18 Å². The van der Waals surface area contributed by atoms with Crippen LogP contribution >= 0.6 is 11.8 Å². The maximum absolute atomic E-state index is 12.7. The van der Waals surface area contributed by atoms with E-state index in [1.165, 1.54) is 5.56 Å². The molecule has 150 valence electrons. The monoisotopic (exact) mass is 411 g/mol. The number of nitrogens with zero attached hydrogens (tertiary/aromatic N) is 2. The third kappa shape index (κ3) is 5.60. The number of carbonyl (C=O) groups excluding carboxylic acids is 1. The van der Waals surface area contributed by atoms with E-state index in [4.69, 9.17) is 0 Å². The van der Waals surface area contributed by atoms with Crippen molar-refractivity contribution in [1.82, 2.24) is 14.9 Å². The Labute approximate surface area is 164 Å². The van der Waals surface area contributed by atoms with Crippen LogP contribution in [0.4, 0.5) is 13.2 Å². The van der Waals surface area contributed by atoms with Crippen molar-refractivity contribution in [1.29, 1.82) is 0 Å². The molecule has 0 unspecified atom stereocenters. The van der Waals surface area contributed by atoms with Crippen LogP contribution in [-0.2, 0) is 17.4 Å². The molecule has 0 radical (unpaired) electrons. The number of rotatable bonds is 5. The van der Waals surface area contributed by atoms with Crippen molar-refractivity contribution in [3.63, 3.8) is 0 Å². The molecule has 0 aliphatic carbocycles. The van der Waals surface area contributed by atoms with Gasteiger partial charge in [-0.2, -0.15) is 13.2 Å². The van der Waals surface area contributed by atoms with Gasteiger partial charge in [-0.05, 0) is 30.7 Å². The third-order valence-corrected chi connectivity index (χ3v) is 5.54. The molecule has 9 heteroatoms. The summed E-state index contributed by atoms with van der Waals surface area (Å²) in [6, 6.07) is 10.6. The number of carbonyl (C=O) groups is 1. The van der Waals surface area contributed by atoms with Crippen molar-refractivity contribution in [3.8, 4) is 0 Å². The smallest absolute Gasteiger partial charge is 0.342 e. The molecule has 1 aromatic heterocycles. The number of aromatic nitrogens is 2. The van der Waals surface area contributed by atoms with Crippen molar-refractivity contribution >= 4 is 17.7 Å². The highest BCUT2D eigenvalue weighted by Crippen LogP contribution is 2.28. The van der Waals surface area contributed by atoms with Crippen molar-refractivity contribution in [2.45, 2.75) is 30.6 Å². The maximum Gasteiger partial charge on any atom is 0.433 e. The Morgan fingerprint density at radius 1 is 1.21 bits per heavy atom. The lowest BCUT2D eigenvalue weighted by molar-refractivity contribution is -0.141. The van der Waals surface area contributed by atoms with Crippen LogP contribution in [0.15, 0.2) is 46.3 Å². The number of amides is 1. The van der Waals surface area contributed by atoms with E-state index in [1.807, 2.05) is 18.2 Å². The van der Waals surface area contributed by atoms with E-state index in [9.17, 15) is 22.8 Å². The Kier molecular flexibility index (Phi) is 6.43. The Morgan fingerprint density at radius 3 is 2.54 bits per heavy atom. The van der Waals surface area contributed by atoms with Crippen LogP contribution in [0.5, 0.6) is 0 Å². The first-order valence-corrected chi connectivity index (χ1v) is 9.93. The molecule has 5 nitrogen and oxygen atoms in total. The molecule has 28 heavy (non-hydrogen) atoms. The average Bonchev–Trinajstić information content (AvgIpc) is 2.66. The molecule has 0 bridgehead atoms. The van der Waals surface area contributed by atoms with Crippen molar-refractivity contribution in [3.05, 3.63) is 58.0 Å². The van der Waals surface area contributed by atoms with Gasteiger partial charge in [0, 0.05) is 19.2 Å². The maximum atomic E-state index is 12.7. The Morgan fingerprint density at radius 2 is 1.89 bits per heavy atom. The Bertz CT molecular complexity index is 863. The molecule has 1 aliphatic heterocycles. The first-order valence-electron chi connectivity index (χ1n) is 8.94. The van der Waals surface area contributed by atoms with Gasteiger partial charge in [0.15, 0.2) is 10.9 Å². The SMILES string of the molecule is O=C(CSc1nc(C(F)(F)F)cc(=O)[nH]1)N1CCC(Cc2ccccc2)CC1. The number of thioether (sulfide) groups is 1. The molecule has 2 heterocycles. The summed E-state index contributed by atoms with van der Waals surface area (Å²) < 4.78 is 38.2. The second-order valence-electron chi connectivity index (χ2n) is 6.74. The molecule has 2 aromatic rings. The van der Waals surface area contributed by atoms with E-state index >= 15 is 0 Å². The van der Waals surface area contributed by atoms with Crippen molar-refractivity contribution in [2.24, 2.45) is 5.92 Å². The zero-order valence-electron chi connectivity index (χ0n) is 15.0. The summed E-state index contributed by atoms with van der Waals surface area (Å²) in [6.07, 6.45) is -1.94. The molecule has 1 N–H and O–H groups in total. The van der Waals surface area contributed by atoms with Crippen LogP contribution < -0.4 is 5.56 Å². The van der Waals surface area contributed by atoms with Gasteiger partial charge in [0.05, 0.1) is 5.75 Å². The predicted molar refractivity (Wildman–Crippen MR) is 100 cm³/mol. The standard InChI is InChI=1S/C19H20F3N3O2S/c20-19(21,22)15-11-16(26)24-18(23-15)28-12-17(27)25-8-6-14(7-9-25)10-13-4-2-1-3-5-13/h1-5,11,14H,6-10,12H2,(H,23,24,26). The Hall–Kier alpha value is -2.29. The molecule has 1 fully saturated rings. The number of nitrogens with one attached hydrogen (secondary N) is 1. The van der Waals surface area contributed by atoms with E-state index in [1.54, 1.807) is 4.90 Å². The molecule has 0 saturated carbocycles. The molecule has 1 saturated heterocycles. The van der Waals surface area contributed by atoms with E-state index < -0.39 is 17.4 Å². The number of likely N-dealkylation sites (tertiary alicyclic amines) is 1. The summed E-state index contributed by atoms with van der Waals surface area (Å²) in [5.41, 5.74) is -0.866. The van der Waals surface area contributed by atoms with Gasteiger partial charge < -0.3 is 9.88 Å². The van der Waals surface area contributed by atoms with Gasteiger partial charge in [-0.1, -0.05) is 42.1 Å². The number of hydrogen-bond acceptors (Lipinski definition) is 4. The molecule has 0 spiro atoms. The van der Waals surface area contributed by atoms with E-state index in [0.29, 0.717) is 25.1 Å². The van der Waals surface area contributed by atoms with E-state index in [-0.39, 0.29) is 16.8 Å². The number of piperidine rings is 1. The number of alkyl halides is 3. The zero-order valence-corrected chi connectivity index (χ0v) is 15.9. The van der Waals surface area contributed by atoms with Crippen molar-refractivity contribution in [2.75, 3.05) is 18.8 Å². The van der Waals surface area contributed by atoms with Gasteiger partial charge in [0.1, 0.15) is 0 Å². The lowest BCUT2D eigenvalue weighted by Gasteiger charge is -2.32. The highest BCUT2D eigenvalue weighted by atomic mass is 32.2. The topological polar surface area (TPSA) is 66.1 Å². The van der Waals surface area contributed by atoms with Crippen LogP contribution in [0.1, 0.15) is 24.1 Å². The summed E-state index contributed by atoms with van der Waals surface area (Å²) in [5.74, 6) is 0.289. The summed E-state index contributed by atoms with van der Waals surface area (Å²) in [7, 11) is 0. The predicted octanol–water partition coefficient (Wildman–Crippen LogP) is 3.36. The normalized spacial score (nSPS) is 15.6. The Balaban J connectivity index is 1.50. The van der Waals surface area contributed by atoms with Crippen LogP contribution in [0.25, 0.3) is 0 Å². The molecule has 0 atom stereocenters. The minimum absolute atomic E-state index is 0.0619. The summed E-state index contributed by atoms with van der Waals surface area (Å²) >= 11 is 0.812. The number of H-pyrrole nitrogens is 1. The molecule has 1 aromatic carbocycles. The van der Waals surface area contributed by atoms with Gasteiger partial charge in [-0.15, -0.1) is 0 Å². The summed E-state index contributed by atoms with van der Waals surface area (Å²) in [6.45, 7) is 1.26. The van der Waals surface area contributed by atoms with Crippen LogP contribution in [0.3, 0.4) is 0 Å². The largest absolute Gasteiger partial charge is 0.433 e. The lowest BCUT2D eigenvalue weighted by atomic mass is 9.90. The lowest BCUT2D eigenvalue weighted by Crippen LogP contribution is -2.39. The van der Waals surface area contributed by atoms with Gasteiger partial charge in [0.2, 0.25) is 5.91 Å². The summed E-state index contributed by atoms with van der Waals surface area (Å²) in [5, 5.41) is -0.202.